The van der Waals surface area contributed by atoms with Gasteiger partial charge in [0.1, 0.15) is 11.5 Å². The van der Waals surface area contributed by atoms with Crippen LogP contribution in [-0.2, 0) is 7.05 Å². The van der Waals surface area contributed by atoms with E-state index in [2.05, 4.69) is 5.32 Å². The quantitative estimate of drug-likeness (QED) is 0.755. The van der Waals surface area contributed by atoms with Gasteiger partial charge >= 0.3 is 0 Å². The molecule has 3 rings (SSSR count). The number of anilines is 1. The average molecular weight is 303 g/mol. The largest absolute Gasteiger partial charge is 0.340 e. The number of carbonyl (C=O) groups is 1. The third-order valence-electron chi connectivity index (χ3n) is 3.34. The molecule has 5 heteroatoms. The minimum atomic E-state index is -0.326. The minimum Gasteiger partial charge on any atom is -0.340 e. The lowest BCUT2D eigenvalue weighted by Gasteiger charge is -2.06. The SMILES string of the molecule is Cn1c(C(=O)Nc2ccc(Cl)cc2)cc2ccc(F)cc21. The van der Waals surface area contributed by atoms with Crippen molar-refractivity contribution in [1.29, 1.82) is 0 Å². The number of fused-ring (bicyclic) bond motifs is 1. The van der Waals surface area contributed by atoms with Crippen molar-refractivity contribution in [3.63, 3.8) is 0 Å². The molecule has 0 unspecified atom stereocenters. The van der Waals surface area contributed by atoms with Gasteiger partial charge in [0.25, 0.3) is 5.91 Å². The van der Waals surface area contributed by atoms with Crippen LogP contribution in [0.15, 0.2) is 48.5 Å². The summed E-state index contributed by atoms with van der Waals surface area (Å²) in [5.74, 6) is -0.579. The molecule has 0 bridgehead atoms. The molecule has 3 aromatic rings. The Morgan fingerprint density at radius 2 is 1.86 bits per heavy atom. The number of nitrogens with one attached hydrogen (secondary N) is 1. The molecular formula is C16H12ClFN2O. The number of hydrogen-bond donors (Lipinski definition) is 1. The van der Waals surface area contributed by atoms with Crippen LogP contribution in [0.1, 0.15) is 10.5 Å². The molecule has 0 saturated carbocycles. The van der Waals surface area contributed by atoms with Crippen molar-refractivity contribution in [3.05, 3.63) is 65.1 Å². The molecule has 0 saturated heterocycles. The van der Waals surface area contributed by atoms with Gasteiger partial charge in [-0.1, -0.05) is 11.6 Å². The van der Waals surface area contributed by atoms with E-state index < -0.39 is 0 Å². The van der Waals surface area contributed by atoms with E-state index in [0.29, 0.717) is 21.9 Å². The molecule has 0 aliphatic rings. The zero-order valence-corrected chi connectivity index (χ0v) is 12.0. The number of carbonyl (C=O) groups excluding carboxylic acids is 1. The van der Waals surface area contributed by atoms with Gasteiger partial charge in [0.15, 0.2) is 0 Å². The molecule has 1 amide bonds. The maximum absolute atomic E-state index is 13.3. The van der Waals surface area contributed by atoms with Crippen LogP contribution in [0.5, 0.6) is 0 Å². The number of nitrogens with zero attached hydrogens (tertiary/aromatic N) is 1. The highest BCUT2D eigenvalue weighted by molar-refractivity contribution is 6.30. The van der Waals surface area contributed by atoms with Gasteiger partial charge in [-0.2, -0.15) is 0 Å². The normalized spacial score (nSPS) is 10.8. The van der Waals surface area contributed by atoms with E-state index in [-0.39, 0.29) is 11.7 Å². The topological polar surface area (TPSA) is 34.0 Å². The van der Waals surface area contributed by atoms with E-state index >= 15 is 0 Å². The van der Waals surface area contributed by atoms with Crippen LogP contribution >= 0.6 is 11.6 Å². The van der Waals surface area contributed by atoms with Crippen LogP contribution in [0.2, 0.25) is 5.02 Å². The number of aryl methyl sites for hydroxylation is 1. The summed E-state index contributed by atoms with van der Waals surface area (Å²) in [6.45, 7) is 0. The zero-order valence-electron chi connectivity index (χ0n) is 11.2. The second kappa shape index (κ2) is 5.22. The second-order valence-electron chi connectivity index (χ2n) is 4.75. The molecule has 0 aliphatic heterocycles. The molecule has 0 spiro atoms. The van der Waals surface area contributed by atoms with Gasteiger partial charge in [0.2, 0.25) is 0 Å². The Morgan fingerprint density at radius 1 is 1.14 bits per heavy atom. The molecule has 0 fully saturated rings. The third kappa shape index (κ3) is 2.62. The van der Waals surface area contributed by atoms with Crippen molar-refractivity contribution in [2.45, 2.75) is 0 Å². The summed E-state index contributed by atoms with van der Waals surface area (Å²) in [6.07, 6.45) is 0. The van der Waals surface area contributed by atoms with Gasteiger partial charge in [0, 0.05) is 23.1 Å². The molecule has 21 heavy (non-hydrogen) atoms. The predicted octanol–water partition coefficient (Wildman–Crippen LogP) is 4.22. The Morgan fingerprint density at radius 3 is 2.57 bits per heavy atom. The van der Waals surface area contributed by atoms with Crippen LogP contribution in [-0.4, -0.2) is 10.5 Å². The number of aromatic nitrogens is 1. The molecule has 0 aliphatic carbocycles. The van der Waals surface area contributed by atoms with Crippen molar-refractivity contribution in [3.8, 4) is 0 Å². The number of halogens is 2. The summed E-state index contributed by atoms with van der Waals surface area (Å²) in [6, 6.07) is 13.0. The van der Waals surface area contributed by atoms with E-state index in [1.54, 1.807) is 48.0 Å². The van der Waals surface area contributed by atoms with Crippen LogP contribution in [0, 0.1) is 5.82 Å². The number of amides is 1. The van der Waals surface area contributed by atoms with Crippen LogP contribution in [0.25, 0.3) is 10.9 Å². The molecular weight excluding hydrogens is 291 g/mol. The number of hydrogen-bond acceptors (Lipinski definition) is 1. The fraction of sp³-hybridized carbons (Fsp3) is 0.0625. The van der Waals surface area contributed by atoms with E-state index in [0.717, 1.165) is 5.39 Å². The number of benzene rings is 2. The zero-order chi connectivity index (χ0) is 15.0. The molecule has 3 nitrogen and oxygen atoms in total. The highest BCUT2D eigenvalue weighted by Gasteiger charge is 2.14. The van der Waals surface area contributed by atoms with Crippen molar-refractivity contribution in [2.24, 2.45) is 7.05 Å². The van der Waals surface area contributed by atoms with E-state index in [1.807, 2.05) is 0 Å². The summed E-state index contributed by atoms with van der Waals surface area (Å²) < 4.78 is 15.0. The Bertz CT molecular complexity index is 824. The average Bonchev–Trinajstić information content (AvgIpc) is 2.79. The van der Waals surface area contributed by atoms with Gasteiger partial charge in [-0.15, -0.1) is 0 Å². The van der Waals surface area contributed by atoms with Crippen molar-refractivity contribution in [1.82, 2.24) is 4.57 Å². The first-order chi connectivity index (χ1) is 10.0. The summed E-state index contributed by atoms with van der Waals surface area (Å²) in [5, 5.41) is 4.21. The second-order valence-corrected chi connectivity index (χ2v) is 5.19. The first-order valence-electron chi connectivity index (χ1n) is 6.36. The van der Waals surface area contributed by atoms with E-state index in [1.165, 1.54) is 12.1 Å². The Labute approximate surface area is 125 Å². The van der Waals surface area contributed by atoms with Gasteiger partial charge in [-0.05, 0) is 48.5 Å². The lowest BCUT2D eigenvalue weighted by Crippen LogP contribution is -2.15. The maximum atomic E-state index is 13.3. The Kier molecular flexibility index (Phi) is 3.39. The smallest absolute Gasteiger partial charge is 0.272 e. The Balaban J connectivity index is 1.94. The molecule has 0 atom stereocenters. The molecule has 2 aromatic carbocycles. The van der Waals surface area contributed by atoms with Crippen LogP contribution in [0.3, 0.4) is 0 Å². The monoisotopic (exact) mass is 302 g/mol. The molecule has 1 N–H and O–H groups in total. The lowest BCUT2D eigenvalue weighted by atomic mass is 10.2. The van der Waals surface area contributed by atoms with Gasteiger partial charge in [-0.3, -0.25) is 4.79 Å². The minimum absolute atomic E-state index is 0.253. The highest BCUT2D eigenvalue weighted by Crippen LogP contribution is 2.21. The summed E-state index contributed by atoms with van der Waals surface area (Å²) in [4.78, 5) is 12.3. The number of rotatable bonds is 2. The first kappa shape index (κ1) is 13.6. The first-order valence-corrected chi connectivity index (χ1v) is 6.74. The molecule has 1 heterocycles. The van der Waals surface area contributed by atoms with Crippen molar-refractivity contribution < 1.29 is 9.18 Å². The molecule has 1 aromatic heterocycles. The molecule has 0 radical (unpaired) electrons. The summed E-state index contributed by atoms with van der Waals surface area (Å²) >= 11 is 5.81. The van der Waals surface area contributed by atoms with Crippen LogP contribution < -0.4 is 5.32 Å². The van der Waals surface area contributed by atoms with E-state index in [9.17, 15) is 9.18 Å². The van der Waals surface area contributed by atoms with Gasteiger partial charge < -0.3 is 9.88 Å². The van der Waals surface area contributed by atoms with E-state index in [4.69, 9.17) is 11.6 Å². The fourth-order valence-electron chi connectivity index (χ4n) is 2.25. The predicted molar refractivity (Wildman–Crippen MR) is 82.3 cm³/mol. The van der Waals surface area contributed by atoms with Crippen molar-refractivity contribution >= 4 is 34.1 Å². The van der Waals surface area contributed by atoms with Crippen LogP contribution in [0.4, 0.5) is 10.1 Å². The summed E-state index contributed by atoms with van der Waals surface area (Å²) in [7, 11) is 1.73. The fourth-order valence-corrected chi connectivity index (χ4v) is 2.38. The maximum Gasteiger partial charge on any atom is 0.272 e. The lowest BCUT2D eigenvalue weighted by molar-refractivity contribution is 0.101. The van der Waals surface area contributed by atoms with Crippen molar-refractivity contribution in [2.75, 3.05) is 5.32 Å². The molecule has 106 valence electrons. The Hall–Kier alpha value is -2.33. The third-order valence-corrected chi connectivity index (χ3v) is 3.59. The van der Waals surface area contributed by atoms with Gasteiger partial charge in [-0.25, -0.2) is 4.39 Å². The standard InChI is InChI=1S/C16H12ClFN2O/c1-20-14-9-12(18)5-2-10(14)8-15(20)16(21)19-13-6-3-11(17)4-7-13/h2-9H,1H3,(H,19,21). The highest BCUT2D eigenvalue weighted by atomic mass is 35.5. The van der Waals surface area contributed by atoms with Gasteiger partial charge in [0.05, 0.1) is 5.52 Å². The summed E-state index contributed by atoms with van der Waals surface area (Å²) in [5.41, 5.74) is 1.79.